The maximum absolute atomic E-state index is 13.5. The molecule has 1 aromatic rings. The van der Waals surface area contributed by atoms with Crippen molar-refractivity contribution in [2.75, 3.05) is 90.8 Å². The quantitative estimate of drug-likeness (QED) is 0.0441. The third kappa shape index (κ3) is 20.6. The Bertz CT molecular complexity index is 1480. The van der Waals surface area contributed by atoms with Gasteiger partial charge in [-0.15, -0.1) is 0 Å². The number of nitrogens with two attached hydrogens (primary N) is 1. The van der Waals surface area contributed by atoms with Crippen LogP contribution in [0.5, 0.6) is 5.75 Å². The molecule has 14 N–H and O–H groups in total. The number of amides is 6. The van der Waals surface area contributed by atoms with Gasteiger partial charge in [0.1, 0.15) is 17.8 Å². The van der Waals surface area contributed by atoms with Crippen LogP contribution >= 0.6 is 12.6 Å². The topological polar surface area (TPSA) is 281 Å². The Morgan fingerprint density at radius 3 is 1.54 bits per heavy atom. The van der Waals surface area contributed by atoms with Crippen molar-refractivity contribution in [1.29, 1.82) is 0 Å². The zero-order chi connectivity index (χ0) is 44.4. The van der Waals surface area contributed by atoms with E-state index in [0.717, 1.165) is 12.0 Å². The molecule has 3 aliphatic heterocycles. The number of phenols is 1. The first-order chi connectivity index (χ1) is 29.4. The third-order valence-corrected chi connectivity index (χ3v) is 10.9. The summed E-state index contributed by atoms with van der Waals surface area (Å²) >= 11 is 4.03. The monoisotopic (exact) mass is 877 g/mol. The van der Waals surface area contributed by atoms with Crippen LogP contribution in [0, 0.1) is 0 Å². The van der Waals surface area contributed by atoms with Crippen molar-refractivity contribution in [3.05, 3.63) is 29.8 Å². The van der Waals surface area contributed by atoms with Gasteiger partial charge in [-0.3, -0.25) is 28.8 Å². The van der Waals surface area contributed by atoms with Crippen molar-refractivity contribution in [3.63, 3.8) is 0 Å². The molecule has 19 nitrogen and oxygen atoms in total. The number of primary amides is 1. The summed E-state index contributed by atoms with van der Waals surface area (Å²) in [5.41, 5.74) is 4.84. The lowest BCUT2D eigenvalue weighted by molar-refractivity contribution is -0.129. The number of thiol groups is 1. The second kappa shape index (κ2) is 28.5. The lowest BCUT2D eigenvalue weighted by Crippen LogP contribution is -2.68. The van der Waals surface area contributed by atoms with Crippen LogP contribution in [0.2, 0.25) is 0 Å². The van der Waals surface area contributed by atoms with E-state index in [2.05, 4.69) is 71.1 Å². The molecule has 344 valence electrons. The minimum absolute atomic E-state index is 0.0316. The summed E-state index contributed by atoms with van der Waals surface area (Å²) in [6.45, 7) is 9.50. The van der Waals surface area contributed by atoms with Crippen LogP contribution in [0.15, 0.2) is 24.3 Å². The van der Waals surface area contributed by atoms with Gasteiger partial charge in [-0.1, -0.05) is 25.5 Å². The molecule has 3 fully saturated rings. The van der Waals surface area contributed by atoms with E-state index in [1.807, 2.05) is 6.92 Å². The molecule has 3 saturated heterocycles. The number of hydrogen-bond acceptors (Lipinski definition) is 14. The molecule has 0 aliphatic carbocycles. The minimum atomic E-state index is -0.894. The van der Waals surface area contributed by atoms with Gasteiger partial charge >= 0.3 is 0 Å². The Labute approximate surface area is 365 Å². The summed E-state index contributed by atoms with van der Waals surface area (Å²) in [7, 11) is 0. The van der Waals surface area contributed by atoms with E-state index in [-0.39, 0.29) is 73.1 Å². The highest BCUT2D eigenvalue weighted by Crippen LogP contribution is 2.13. The van der Waals surface area contributed by atoms with Gasteiger partial charge in [-0.2, -0.15) is 12.6 Å². The zero-order valence-electron chi connectivity index (χ0n) is 35.9. The van der Waals surface area contributed by atoms with E-state index < -0.39 is 29.1 Å². The second-order valence-electron chi connectivity index (χ2n) is 16.1. The van der Waals surface area contributed by atoms with E-state index in [1.54, 1.807) is 12.1 Å². The summed E-state index contributed by atoms with van der Waals surface area (Å²) in [5.74, 6) is -1.64. The molecule has 0 saturated carbocycles. The molecule has 61 heavy (non-hydrogen) atoms. The van der Waals surface area contributed by atoms with Crippen LogP contribution in [0.25, 0.3) is 0 Å². The van der Waals surface area contributed by atoms with Gasteiger partial charge in [0, 0.05) is 123 Å². The number of carbonyl (C=O) groups is 6. The average molecular weight is 877 g/mol. The van der Waals surface area contributed by atoms with Gasteiger partial charge in [0.05, 0.1) is 11.1 Å². The van der Waals surface area contributed by atoms with Crippen LogP contribution in [-0.4, -0.2) is 155 Å². The molecule has 2 unspecified atom stereocenters. The normalized spacial score (nSPS) is 21.4. The lowest BCUT2D eigenvalue weighted by Gasteiger charge is -2.39. The Morgan fingerprint density at radius 2 is 1.08 bits per heavy atom. The predicted octanol–water partition coefficient (Wildman–Crippen LogP) is -2.76. The van der Waals surface area contributed by atoms with Crippen molar-refractivity contribution in [2.45, 2.75) is 94.3 Å². The number of phenolic OH excluding ortho intramolecular Hbond substituents is 1. The second-order valence-corrected chi connectivity index (χ2v) is 16.5. The van der Waals surface area contributed by atoms with Crippen LogP contribution in [0.3, 0.4) is 0 Å². The van der Waals surface area contributed by atoms with Crippen molar-refractivity contribution < 1.29 is 33.9 Å². The van der Waals surface area contributed by atoms with Gasteiger partial charge in [0.15, 0.2) is 0 Å². The molecule has 3 aliphatic rings. The van der Waals surface area contributed by atoms with E-state index in [4.69, 9.17) is 5.73 Å². The molecule has 2 bridgehead atoms. The fraction of sp³-hybridized carbons (Fsp3) is 0.707. The molecular formula is C41H72N12O7S. The molecule has 20 heteroatoms. The molecular weight excluding hydrogens is 805 g/mol. The maximum Gasteiger partial charge on any atom is 0.242 e. The molecule has 4 rings (SSSR count). The number of hydrogen-bond donors (Lipinski definition) is 14. The van der Waals surface area contributed by atoms with Crippen molar-refractivity contribution in [1.82, 2.24) is 58.5 Å². The number of benzene rings is 1. The van der Waals surface area contributed by atoms with Gasteiger partial charge in [0.2, 0.25) is 35.4 Å². The van der Waals surface area contributed by atoms with Crippen molar-refractivity contribution in [3.8, 4) is 5.75 Å². The fourth-order valence-corrected chi connectivity index (χ4v) is 7.50. The van der Waals surface area contributed by atoms with E-state index in [0.29, 0.717) is 111 Å². The van der Waals surface area contributed by atoms with Crippen LogP contribution in [-0.2, 0) is 35.2 Å². The Kier molecular flexibility index (Phi) is 24.0. The number of aromatic hydroxyl groups is 1. The molecule has 6 amide bonds. The van der Waals surface area contributed by atoms with Gasteiger partial charge in [-0.25, -0.2) is 0 Å². The fourth-order valence-electron chi connectivity index (χ4n) is 7.23. The Hall–Kier alpha value is -4.05. The summed E-state index contributed by atoms with van der Waals surface area (Å²) in [6, 6.07) is 4.69. The largest absolute Gasteiger partial charge is 0.508 e. The van der Waals surface area contributed by atoms with Gasteiger partial charge in [0.25, 0.3) is 0 Å². The highest BCUT2D eigenvalue weighted by atomic mass is 32.1. The molecule has 0 radical (unpaired) electrons. The minimum Gasteiger partial charge on any atom is -0.508 e. The first-order valence-electron chi connectivity index (χ1n) is 21.8. The number of nitrogens with one attached hydrogen (secondary N) is 11. The molecule has 2 atom stereocenters. The first-order valence-corrected chi connectivity index (χ1v) is 22.4. The standard InChI is InChI=1S/C41H72N12O7S/c1-2-7-36(57)52-40-24-43-16-19-46-27-41(28-47-20-17-44-25-40,29-48-21-18-45-26-40)53-37(58)10-6-9-35(56)50-32(22-30-11-13-31(54)14-12-30)39(60)49-15-5-3-4-8-34(55)51-33(23-61)38(42)59/h11-14,32-33,43-48,54,61H,2-10,15-29H2,1H3,(H2,42,59)(H,49,60)(H,50,56)(H,51,55)(H,52,57)(H,53,58). The molecule has 0 aromatic heterocycles. The third-order valence-electron chi connectivity index (χ3n) is 10.6. The van der Waals surface area contributed by atoms with E-state index >= 15 is 0 Å². The summed E-state index contributed by atoms with van der Waals surface area (Å²) < 4.78 is 0. The number of carbonyl (C=O) groups excluding carboxylic acids is 6. The Morgan fingerprint density at radius 1 is 0.639 bits per heavy atom. The van der Waals surface area contributed by atoms with Crippen LogP contribution in [0.1, 0.15) is 70.3 Å². The van der Waals surface area contributed by atoms with Crippen molar-refractivity contribution in [2.24, 2.45) is 5.73 Å². The highest BCUT2D eigenvalue weighted by molar-refractivity contribution is 7.80. The van der Waals surface area contributed by atoms with Gasteiger partial charge in [-0.05, 0) is 43.4 Å². The number of fused-ring (bicyclic) bond motifs is 15. The molecule has 1 aromatic carbocycles. The SMILES string of the molecule is CCCC(=O)NC12CNCCNCC(NC(=O)CCCC(=O)NC(Cc3ccc(O)cc3)C(=O)NCCCCCC(=O)NC(CS)C(N)=O)(CNCCNC1)CNCCNC2. The van der Waals surface area contributed by atoms with Crippen molar-refractivity contribution >= 4 is 48.1 Å². The smallest absolute Gasteiger partial charge is 0.242 e. The summed E-state index contributed by atoms with van der Waals surface area (Å²) in [5, 5.41) is 45.7. The highest BCUT2D eigenvalue weighted by Gasteiger charge is 2.34. The first kappa shape index (κ1) is 51.3. The summed E-state index contributed by atoms with van der Waals surface area (Å²) in [4.78, 5) is 76.3. The number of rotatable bonds is 21. The lowest BCUT2D eigenvalue weighted by atomic mass is 9.96. The predicted molar refractivity (Wildman–Crippen MR) is 238 cm³/mol. The molecule has 3 heterocycles. The van der Waals surface area contributed by atoms with Crippen LogP contribution < -0.4 is 64.2 Å². The van der Waals surface area contributed by atoms with Gasteiger partial charge < -0.3 is 69.3 Å². The average Bonchev–Trinajstić information content (AvgIpc) is 3.22. The maximum atomic E-state index is 13.5. The van der Waals surface area contributed by atoms with Crippen LogP contribution in [0.4, 0.5) is 0 Å². The van der Waals surface area contributed by atoms with E-state index in [1.165, 1.54) is 12.1 Å². The zero-order valence-corrected chi connectivity index (χ0v) is 36.8. The Balaban J connectivity index is 1.53. The molecule has 0 spiro atoms. The van der Waals surface area contributed by atoms with E-state index in [9.17, 15) is 33.9 Å². The summed E-state index contributed by atoms with van der Waals surface area (Å²) in [6.07, 6.45) is 3.83. The number of unbranched alkanes of at least 4 members (excludes halogenated alkanes) is 2.